The summed E-state index contributed by atoms with van der Waals surface area (Å²) in [5, 5.41) is 0. The number of hydrogen-bond acceptors (Lipinski definition) is 5. The highest BCUT2D eigenvalue weighted by atomic mass is 32.2. The van der Waals surface area contributed by atoms with E-state index in [1.54, 1.807) is 44.4 Å². The highest BCUT2D eigenvalue weighted by Crippen LogP contribution is 2.33. The molecule has 0 fully saturated rings. The third-order valence-electron chi connectivity index (χ3n) is 3.31. The standard InChI is InChI=1S/C16H19NO5S/c1-11-9-14(21-3)15(22-4)10-16(11)23(18,19)17-12-5-7-13(20-2)8-6-12/h5-10,17H,1-4H3. The molecule has 23 heavy (non-hydrogen) atoms. The lowest BCUT2D eigenvalue weighted by Crippen LogP contribution is -2.14. The minimum Gasteiger partial charge on any atom is -0.497 e. The molecule has 2 aromatic rings. The average Bonchev–Trinajstić information content (AvgIpc) is 2.54. The van der Waals surface area contributed by atoms with Gasteiger partial charge in [0, 0.05) is 11.8 Å². The van der Waals surface area contributed by atoms with Crippen LogP contribution in [0.2, 0.25) is 0 Å². The molecule has 0 saturated carbocycles. The topological polar surface area (TPSA) is 73.9 Å². The predicted molar refractivity (Wildman–Crippen MR) is 88.1 cm³/mol. The van der Waals surface area contributed by atoms with Crippen molar-refractivity contribution in [3.05, 3.63) is 42.0 Å². The van der Waals surface area contributed by atoms with Crippen LogP contribution < -0.4 is 18.9 Å². The quantitative estimate of drug-likeness (QED) is 0.877. The molecule has 0 aliphatic carbocycles. The molecule has 0 aliphatic heterocycles. The Kier molecular flexibility index (Phi) is 5.00. The van der Waals surface area contributed by atoms with Crippen molar-refractivity contribution >= 4 is 15.7 Å². The zero-order valence-electron chi connectivity index (χ0n) is 13.4. The Bertz CT molecular complexity index is 785. The Hall–Kier alpha value is -2.41. The van der Waals surface area contributed by atoms with Crippen LogP contribution in [0.4, 0.5) is 5.69 Å². The van der Waals surface area contributed by atoms with E-state index in [-0.39, 0.29) is 4.90 Å². The third kappa shape index (κ3) is 3.68. The van der Waals surface area contributed by atoms with E-state index in [4.69, 9.17) is 14.2 Å². The van der Waals surface area contributed by atoms with Gasteiger partial charge in [-0.1, -0.05) is 0 Å². The number of ether oxygens (including phenoxy) is 3. The van der Waals surface area contributed by atoms with Crippen LogP contribution in [0.3, 0.4) is 0 Å². The fourth-order valence-electron chi connectivity index (χ4n) is 2.12. The smallest absolute Gasteiger partial charge is 0.262 e. The highest BCUT2D eigenvalue weighted by Gasteiger charge is 2.20. The maximum Gasteiger partial charge on any atom is 0.262 e. The van der Waals surface area contributed by atoms with Crippen LogP contribution in [0.1, 0.15) is 5.56 Å². The van der Waals surface area contributed by atoms with Gasteiger partial charge < -0.3 is 14.2 Å². The molecule has 0 saturated heterocycles. The molecule has 0 radical (unpaired) electrons. The Morgan fingerprint density at radius 2 is 1.43 bits per heavy atom. The highest BCUT2D eigenvalue weighted by molar-refractivity contribution is 7.92. The summed E-state index contributed by atoms with van der Waals surface area (Å²) in [4.78, 5) is 0.131. The molecular formula is C16H19NO5S. The van der Waals surface area contributed by atoms with Crippen LogP contribution in [-0.4, -0.2) is 29.7 Å². The second-order valence-corrected chi connectivity index (χ2v) is 6.46. The van der Waals surface area contributed by atoms with Gasteiger partial charge in [0.05, 0.1) is 26.2 Å². The molecule has 2 aromatic carbocycles. The Morgan fingerprint density at radius 3 is 1.96 bits per heavy atom. The lowest BCUT2D eigenvalue weighted by molar-refractivity contribution is 0.353. The lowest BCUT2D eigenvalue weighted by Gasteiger charge is -2.14. The SMILES string of the molecule is COc1ccc(NS(=O)(=O)c2cc(OC)c(OC)cc2C)cc1. The van der Waals surface area contributed by atoms with Crippen LogP contribution in [-0.2, 0) is 10.0 Å². The second kappa shape index (κ2) is 6.78. The first-order valence-electron chi connectivity index (χ1n) is 6.80. The zero-order valence-corrected chi connectivity index (χ0v) is 14.2. The summed E-state index contributed by atoms with van der Waals surface area (Å²) in [5.74, 6) is 1.48. The maximum absolute atomic E-state index is 12.6. The van der Waals surface area contributed by atoms with Gasteiger partial charge in [-0.2, -0.15) is 0 Å². The molecular weight excluding hydrogens is 318 g/mol. The number of methoxy groups -OCH3 is 3. The molecule has 0 amide bonds. The molecule has 0 heterocycles. The largest absolute Gasteiger partial charge is 0.497 e. The van der Waals surface area contributed by atoms with Gasteiger partial charge in [-0.25, -0.2) is 8.42 Å². The normalized spacial score (nSPS) is 11.0. The van der Waals surface area contributed by atoms with Crippen LogP contribution in [0.15, 0.2) is 41.3 Å². The summed E-state index contributed by atoms with van der Waals surface area (Å²) in [6, 6.07) is 9.69. The van der Waals surface area contributed by atoms with Crippen molar-refractivity contribution in [1.82, 2.24) is 0 Å². The van der Waals surface area contributed by atoms with Gasteiger partial charge in [0.1, 0.15) is 5.75 Å². The first kappa shape index (κ1) is 17.0. The van der Waals surface area contributed by atoms with Gasteiger partial charge in [0.15, 0.2) is 11.5 Å². The van der Waals surface area contributed by atoms with Crippen LogP contribution >= 0.6 is 0 Å². The van der Waals surface area contributed by atoms with Crippen LogP contribution in [0.25, 0.3) is 0 Å². The van der Waals surface area contributed by atoms with Crippen molar-refractivity contribution in [2.75, 3.05) is 26.1 Å². The number of rotatable bonds is 6. The molecule has 0 bridgehead atoms. The van der Waals surface area contributed by atoms with Crippen molar-refractivity contribution in [3.63, 3.8) is 0 Å². The number of anilines is 1. The van der Waals surface area contributed by atoms with Crippen LogP contribution in [0.5, 0.6) is 17.2 Å². The number of hydrogen-bond donors (Lipinski definition) is 1. The number of benzene rings is 2. The van der Waals surface area contributed by atoms with E-state index in [1.807, 2.05) is 0 Å². The molecule has 0 aliphatic rings. The first-order valence-corrected chi connectivity index (χ1v) is 8.29. The number of sulfonamides is 1. The fraction of sp³-hybridized carbons (Fsp3) is 0.250. The fourth-order valence-corrected chi connectivity index (χ4v) is 3.42. The number of aryl methyl sites for hydroxylation is 1. The van der Waals surface area contributed by atoms with Gasteiger partial charge in [0.2, 0.25) is 0 Å². The van der Waals surface area contributed by atoms with Gasteiger partial charge in [0.25, 0.3) is 10.0 Å². The third-order valence-corrected chi connectivity index (χ3v) is 4.84. The minimum atomic E-state index is -3.75. The Morgan fingerprint density at radius 1 is 0.870 bits per heavy atom. The van der Waals surface area contributed by atoms with Gasteiger partial charge in [-0.15, -0.1) is 0 Å². The molecule has 0 aromatic heterocycles. The van der Waals surface area contributed by atoms with E-state index in [0.717, 1.165) is 0 Å². The lowest BCUT2D eigenvalue weighted by atomic mass is 10.2. The number of nitrogens with one attached hydrogen (secondary N) is 1. The van der Waals surface area contributed by atoms with Gasteiger partial charge >= 0.3 is 0 Å². The summed E-state index contributed by atoms with van der Waals surface area (Å²) >= 11 is 0. The minimum absolute atomic E-state index is 0.131. The first-order chi connectivity index (χ1) is 10.9. The maximum atomic E-state index is 12.6. The molecule has 1 N–H and O–H groups in total. The summed E-state index contributed by atoms with van der Waals surface area (Å²) in [6.07, 6.45) is 0. The van der Waals surface area contributed by atoms with Gasteiger partial charge in [-0.05, 0) is 42.8 Å². The van der Waals surface area contributed by atoms with Crippen molar-refractivity contribution in [2.24, 2.45) is 0 Å². The summed E-state index contributed by atoms with van der Waals surface area (Å²) in [5.41, 5.74) is 1.00. The van der Waals surface area contributed by atoms with E-state index in [9.17, 15) is 8.42 Å². The van der Waals surface area contributed by atoms with E-state index in [0.29, 0.717) is 28.5 Å². The second-order valence-electron chi connectivity index (χ2n) is 4.81. The average molecular weight is 337 g/mol. The molecule has 2 rings (SSSR count). The summed E-state index contributed by atoms with van der Waals surface area (Å²) in [7, 11) is 0.760. The Balaban J connectivity index is 2.38. The molecule has 0 unspecified atom stereocenters. The molecule has 0 atom stereocenters. The van der Waals surface area contributed by atoms with E-state index >= 15 is 0 Å². The van der Waals surface area contributed by atoms with Crippen LogP contribution in [0, 0.1) is 6.92 Å². The Labute approximate surface area is 136 Å². The van der Waals surface area contributed by atoms with Crippen molar-refractivity contribution in [1.29, 1.82) is 0 Å². The van der Waals surface area contributed by atoms with Crippen molar-refractivity contribution < 1.29 is 22.6 Å². The molecule has 6 nitrogen and oxygen atoms in total. The summed E-state index contributed by atoms with van der Waals surface area (Å²) < 4.78 is 43.1. The van der Waals surface area contributed by atoms with E-state index < -0.39 is 10.0 Å². The monoisotopic (exact) mass is 337 g/mol. The zero-order chi connectivity index (χ0) is 17.0. The van der Waals surface area contributed by atoms with E-state index in [2.05, 4.69) is 4.72 Å². The van der Waals surface area contributed by atoms with Crippen molar-refractivity contribution in [3.8, 4) is 17.2 Å². The van der Waals surface area contributed by atoms with Gasteiger partial charge in [-0.3, -0.25) is 4.72 Å². The molecule has 0 spiro atoms. The van der Waals surface area contributed by atoms with E-state index in [1.165, 1.54) is 20.3 Å². The summed E-state index contributed by atoms with van der Waals surface area (Å²) in [6.45, 7) is 1.70. The molecule has 7 heteroatoms. The predicted octanol–water partition coefficient (Wildman–Crippen LogP) is 2.82. The molecule has 124 valence electrons. The van der Waals surface area contributed by atoms with Crippen molar-refractivity contribution in [2.45, 2.75) is 11.8 Å².